The molecule has 1 amide bonds. The predicted octanol–water partition coefficient (Wildman–Crippen LogP) is 2.44. The van der Waals surface area contributed by atoms with Gasteiger partial charge >= 0.3 is 0 Å². The number of fused-ring (bicyclic) bond motifs is 1. The van der Waals surface area contributed by atoms with Crippen LogP contribution in [-0.4, -0.2) is 24.0 Å². The van der Waals surface area contributed by atoms with Crippen molar-refractivity contribution in [1.29, 1.82) is 0 Å². The Bertz CT molecular complexity index is 1810. The Balaban J connectivity index is 1.78. The van der Waals surface area contributed by atoms with E-state index in [2.05, 4.69) is 9.98 Å². The number of amides is 1. The predicted molar refractivity (Wildman–Crippen MR) is 133 cm³/mol. The summed E-state index contributed by atoms with van der Waals surface area (Å²) in [6, 6.07) is 18.0. The number of rotatable bonds is 4. The van der Waals surface area contributed by atoms with E-state index in [9.17, 15) is 18.3 Å². The van der Waals surface area contributed by atoms with Crippen LogP contribution in [0.4, 0.5) is 5.69 Å². The molecule has 3 N–H and O–H groups in total. The first-order valence-corrected chi connectivity index (χ1v) is 13.0. The topological polar surface area (TPSA) is 127 Å². The molecule has 0 bridgehead atoms. The maximum Gasteiger partial charge on any atom is 0.279 e. The molecule has 8 nitrogen and oxygen atoms in total. The molecule has 1 aliphatic rings. The molecule has 0 atom stereocenters. The summed E-state index contributed by atoms with van der Waals surface area (Å²) in [5.41, 5.74) is 2.24. The van der Waals surface area contributed by atoms with Crippen LogP contribution >= 0.6 is 22.9 Å². The number of halogens is 1. The Hall–Kier alpha value is -3.57. The van der Waals surface area contributed by atoms with Crippen molar-refractivity contribution in [2.75, 3.05) is 0 Å². The normalized spacial score (nSPS) is 13.7. The number of aromatic nitrogens is 1. The van der Waals surface area contributed by atoms with E-state index >= 15 is 0 Å². The Morgan fingerprint density at radius 2 is 1.74 bits per heavy atom. The summed E-state index contributed by atoms with van der Waals surface area (Å²) in [6.45, 7) is 1.91. The molecule has 3 aromatic carbocycles. The molecule has 1 aliphatic heterocycles. The maximum atomic E-state index is 12.9. The number of hydrogen-bond acceptors (Lipinski definition) is 6. The van der Waals surface area contributed by atoms with Crippen molar-refractivity contribution in [3.05, 3.63) is 97.6 Å². The van der Waals surface area contributed by atoms with Gasteiger partial charge in [0, 0.05) is 10.2 Å². The maximum absolute atomic E-state index is 12.9. The van der Waals surface area contributed by atoms with Crippen LogP contribution in [0.5, 0.6) is 5.88 Å². The van der Waals surface area contributed by atoms with Crippen molar-refractivity contribution in [2.24, 2.45) is 15.1 Å². The first-order chi connectivity index (χ1) is 16.6. The second-order valence-corrected chi connectivity index (χ2v) is 10.8. The third-order valence-electron chi connectivity index (χ3n) is 5.36. The van der Waals surface area contributed by atoms with E-state index in [0.717, 1.165) is 16.9 Å². The number of benzene rings is 3. The minimum atomic E-state index is -3.85. The summed E-state index contributed by atoms with van der Waals surface area (Å²) >= 11 is 7.16. The number of aryl methyl sites for hydroxylation is 1. The van der Waals surface area contributed by atoms with Gasteiger partial charge in [-0.05, 0) is 67.6 Å². The smallest absolute Gasteiger partial charge is 0.279 e. The molecule has 5 rings (SSSR count). The van der Waals surface area contributed by atoms with Gasteiger partial charge in [-0.15, -0.1) is 0 Å². The van der Waals surface area contributed by atoms with Crippen LogP contribution in [-0.2, 0) is 14.8 Å². The summed E-state index contributed by atoms with van der Waals surface area (Å²) in [5, 5.41) is 18.2. The number of nitrogens with zero attached hydrogens (tertiary/aromatic N) is 3. The largest absolute Gasteiger partial charge is 0.493 e. The number of thiazole rings is 1. The average molecular weight is 525 g/mol. The van der Waals surface area contributed by atoms with E-state index in [4.69, 9.17) is 16.7 Å². The molecule has 0 fully saturated rings. The Kier molecular flexibility index (Phi) is 5.68. The SMILES string of the molecule is Cc1ccc2c(c1)=C(c1sc(=Nc3ccc(S(N)(=O)=O)cc3)n(-c3ccc(Cl)cc3)c1O)C(=O)N=2. The van der Waals surface area contributed by atoms with Gasteiger partial charge < -0.3 is 5.11 Å². The lowest BCUT2D eigenvalue weighted by molar-refractivity contribution is -0.112. The van der Waals surface area contributed by atoms with Crippen LogP contribution in [0.1, 0.15) is 10.4 Å². The molecule has 0 saturated heterocycles. The van der Waals surface area contributed by atoms with Crippen LogP contribution in [0.25, 0.3) is 11.3 Å². The van der Waals surface area contributed by atoms with E-state index in [1.165, 1.54) is 28.8 Å². The monoisotopic (exact) mass is 524 g/mol. The van der Waals surface area contributed by atoms with Crippen LogP contribution in [0, 0.1) is 6.92 Å². The molecule has 35 heavy (non-hydrogen) atoms. The lowest BCUT2D eigenvalue weighted by Crippen LogP contribution is -2.23. The second kappa shape index (κ2) is 8.58. The van der Waals surface area contributed by atoms with Gasteiger partial charge in [0.05, 0.1) is 27.2 Å². The zero-order chi connectivity index (χ0) is 24.9. The van der Waals surface area contributed by atoms with Crippen molar-refractivity contribution in [2.45, 2.75) is 11.8 Å². The minimum Gasteiger partial charge on any atom is -0.493 e. The third kappa shape index (κ3) is 4.32. The minimum absolute atomic E-state index is 0.0440. The summed E-state index contributed by atoms with van der Waals surface area (Å²) in [4.78, 5) is 22.2. The van der Waals surface area contributed by atoms with Crippen LogP contribution in [0.3, 0.4) is 0 Å². The average Bonchev–Trinajstić information content (AvgIpc) is 3.29. The Morgan fingerprint density at radius 3 is 2.40 bits per heavy atom. The highest BCUT2D eigenvalue weighted by molar-refractivity contribution is 7.89. The molecule has 2 heterocycles. The number of carbonyl (C=O) groups is 1. The van der Waals surface area contributed by atoms with Gasteiger partial charge in [0.15, 0.2) is 4.80 Å². The zero-order valence-electron chi connectivity index (χ0n) is 18.1. The van der Waals surface area contributed by atoms with Gasteiger partial charge in [-0.3, -0.25) is 9.36 Å². The van der Waals surface area contributed by atoms with Crippen LogP contribution in [0.15, 0.2) is 81.6 Å². The highest BCUT2D eigenvalue weighted by atomic mass is 35.5. The van der Waals surface area contributed by atoms with Gasteiger partial charge in [-0.25, -0.2) is 23.5 Å². The third-order valence-corrected chi connectivity index (χ3v) is 7.59. The summed E-state index contributed by atoms with van der Waals surface area (Å²) in [7, 11) is -3.85. The number of hydrogen-bond donors (Lipinski definition) is 2. The highest BCUT2D eigenvalue weighted by Crippen LogP contribution is 2.31. The molecule has 0 aliphatic carbocycles. The Labute approximate surface area is 208 Å². The van der Waals surface area contributed by atoms with Gasteiger partial charge in [0.1, 0.15) is 4.88 Å². The molecule has 0 saturated carbocycles. The first-order valence-electron chi connectivity index (χ1n) is 10.2. The summed E-state index contributed by atoms with van der Waals surface area (Å²) in [6.07, 6.45) is 0. The lowest BCUT2D eigenvalue weighted by Gasteiger charge is -2.06. The number of carbonyl (C=O) groups excluding carboxylic acids is 1. The molecular formula is C24H17ClN4O4S2. The standard InChI is InChI=1S/C24H17ClN4O4S2/c1-13-2-11-19-18(12-13)20(22(30)28-19)21-23(31)29(16-7-3-14(25)4-8-16)24(34-21)27-15-5-9-17(10-6-15)35(26,32)33/h2-12,31H,1H3,(H2,26,32,33). The van der Waals surface area contributed by atoms with E-state index in [-0.39, 0.29) is 10.8 Å². The number of nitrogens with two attached hydrogens (primary N) is 1. The quantitative estimate of drug-likeness (QED) is 0.425. The molecule has 176 valence electrons. The Morgan fingerprint density at radius 1 is 1.06 bits per heavy atom. The summed E-state index contributed by atoms with van der Waals surface area (Å²) < 4.78 is 24.7. The fraction of sp³-hybridized carbons (Fsp3) is 0.0417. The number of sulfonamides is 1. The van der Waals surface area contributed by atoms with Gasteiger partial charge in [0.25, 0.3) is 5.91 Å². The fourth-order valence-electron chi connectivity index (χ4n) is 3.70. The zero-order valence-corrected chi connectivity index (χ0v) is 20.5. The molecule has 0 unspecified atom stereocenters. The van der Waals surface area contributed by atoms with Gasteiger partial charge in [-0.1, -0.05) is 34.6 Å². The van der Waals surface area contributed by atoms with Crippen molar-refractivity contribution >= 4 is 50.1 Å². The number of primary sulfonamides is 1. The van der Waals surface area contributed by atoms with Crippen LogP contribution in [0.2, 0.25) is 5.02 Å². The first kappa shape index (κ1) is 23.2. The van der Waals surface area contributed by atoms with Crippen LogP contribution < -0.4 is 20.5 Å². The summed E-state index contributed by atoms with van der Waals surface area (Å²) in [5.74, 6) is -0.625. The molecular weight excluding hydrogens is 508 g/mol. The molecule has 4 aromatic rings. The van der Waals surface area contributed by atoms with E-state index < -0.39 is 15.9 Å². The van der Waals surface area contributed by atoms with Crippen molar-refractivity contribution < 1.29 is 18.3 Å². The van der Waals surface area contributed by atoms with Crippen molar-refractivity contribution in [3.63, 3.8) is 0 Å². The highest BCUT2D eigenvalue weighted by Gasteiger charge is 2.26. The van der Waals surface area contributed by atoms with Crippen molar-refractivity contribution in [3.8, 4) is 11.6 Å². The molecule has 0 radical (unpaired) electrons. The van der Waals surface area contributed by atoms with Gasteiger partial charge in [-0.2, -0.15) is 0 Å². The molecule has 1 aromatic heterocycles. The fourth-order valence-corrected chi connectivity index (χ4v) is 5.44. The molecule has 11 heteroatoms. The van der Waals surface area contributed by atoms with Gasteiger partial charge in [0.2, 0.25) is 15.9 Å². The number of aromatic hydroxyl groups is 1. The lowest BCUT2D eigenvalue weighted by atomic mass is 10.1. The van der Waals surface area contributed by atoms with E-state index in [0.29, 0.717) is 42.2 Å². The second-order valence-electron chi connectivity index (χ2n) is 7.81. The van der Waals surface area contributed by atoms with Crippen molar-refractivity contribution in [1.82, 2.24) is 4.57 Å². The molecule has 0 spiro atoms. The van der Waals surface area contributed by atoms with E-state index in [1.807, 2.05) is 19.1 Å². The van der Waals surface area contributed by atoms with E-state index in [1.54, 1.807) is 30.3 Å².